The Morgan fingerprint density at radius 2 is 1.73 bits per heavy atom. The van der Waals surface area contributed by atoms with Crippen molar-refractivity contribution in [3.05, 3.63) is 12.3 Å². The third-order valence-electron chi connectivity index (χ3n) is 4.75. The maximum atomic E-state index is 6.20. The maximum Gasteiger partial charge on any atom is 0.496 e. The van der Waals surface area contributed by atoms with E-state index in [4.69, 9.17) is 19.8 Å². The molecule has 3 rings (SSSR count). The van der Waals surface area contributed by atoms with Crippen LogP contribution in [0.15, 0.2) is 12.3 Å². The fourth-order valence-corrected chi connectivity index (χ4v) is 2.64. The number of ether oxygens (including phenoxy) is 1. The van der Waals surface area contributed by atoms with E-state index in [1.807, 2.05) is 33.8 Å². The van der Waals surface area contributed by atoms with Gasteiger partial charge in [0.2, 0.25) is 0 Å². The topological polar surface area (TPSA) is 69.8 Å². The van der Waals surface area contributed by atoms with Gasteiger partial charge in [0.1, 0.15) is 0 Å². The molecule has 0 aromatic carbocycles. The average Bonchev–Trinajstić information content (AvgIpc) is 2.68. The van der Waals surface area contributed by atoms with Crippen molar-refractivity contribution in [3.63, 3.8) is 0 Å². The minimum atomic E-state index is -0.432. The molecule has 0 amide bonds. The van der Waals surface area contributed by atoms with E-state index < -0.39 is 7.12 Å². The Hall–Kier alpha value is -1.31. The highest BCUT2D eigenvalue weighted by Crippen LogP contribution is 2.36. The van der Waals surface area contributed by atoms with E-state index in [2.05, 4.69) is 9.88 Å². The largest absolute Gasteiger partial charge is 0.496 e. The standard InChI is InChI=1S/C15H24BN3O3/c1-14(2)15(3,4)22-16(21-14)11-9-12(17)13(18-10-11)19-5-7-20-8-6-19/h9-10H,5-8,17H2,1-4H3. The lowest BCUT2D eigenvalue weighted by Crippen LogP contribution is -2.41. The van der Waals surface area contributed by atoms with E-state index in [-0.39, 0.29) is 11.2 Å². The summed E-state index contributed by atoms with van der Waals surface area (Å²) in [6, 6.07) is 1.90. The highest BCUT2D eigenvalue weighted by Gasteiger charge is 2.51. The van der Waals surface area contributed by atoms with Crippen molar-refractivity contribution in [2.45, 2.75) is 38.9 Å². The molecule has 0 unspecified atom stereocenters. The van der Waals surface area contributed by atoms with Crippen molar-refractivity contribution >= 4 is 24.1 Å². The molecule has 2 aliphatic rings. The van der Waals surface area contributed by atoms with Crippen molar-refractivity contribution < 1.29 is 14.0 Å². The molecule has 0 spiro atoms. The van der Waals surface area contributed by atoms with Crippen LogP contribution in [0.4, 0.5) is 11.5 Å². The van der Waals surface area contributed by atoms with Gasteiger partial charge in [0.15, 0.2) is 5.82 Å². The predicted octanol–water partition coefficient (Wildman–Crippen LogP) is 0.800. The molecule has 1 aromatic heterocycles. The van der Waals surface area contributed by atoms with Crippen LogP contribution in [0, 0.1) is 0 Å². The molecule has 120 valence electrons. The minimum Gasteiger partial charge on any atom is -0.399 e. The number of nitrogens with two attached hydrogens (primary N) is 1. The second-order valence-corrected chi connectivity index (χ2v) is 6.87. The Labute approximate surface area is 132 Å². The number of aromatic nitrogens is 1. The Bertz CT molecular complexity index is 543. The number of anilines is 2. The Morgan fingerprint density at radius 3 is 2.27 bits per heavy atom. The lowest BCUT2D eigenvalue weighted by atomic mass is 9.80. The fraction of sp³-hybridized carbons (Fsp3) is 0.667. The van der Waals surface area contributed by atoms with Gasteiger partial charge in [-0.2, -0.15) is 0 Å². The summed E-state index contributed by atoms with van der Waals surface area (Å²) < 4.78 is 17.4. The van der Waals surface area contributed by atoms with Crippen LogP contribution in [0.25, 0.3) is 0 Å². The molecular formula is C15H24BN3O3. The first-order valence-corrected chi connectivity index (χ1v) is 7.74. The zero-order valence-corrected chi connectivity index (χ0v) is 13.8. The van der Waals surface area contributed by atoms with Gasteiger partial charge in [0.05, 0.1) is 30.1 Å². The van der Waals surface area contributed by atoms with E-state index in [0.29, 0.717) is 18.9 Å². The van der Waals surface area contributed by atoms with Crippen LogP contribution in [0.2, 0.25) is 0 Å². The smallest absolute Gasteiger partial charge is 0.399 e. The Kier molecular flexibility index (Phi) is 3.83. The first-order valence-electron chi connectivity index (χ1n) is 7.74. The summed E-state index contributed by atoms with van der Waals surface area (Å²) in [5.74, 6) is 0.809. The molecule has 3 heterocycles. The zero-order chi connectivity index (χ0) is 16.0. The van der Waals surface area contributed by atoms with Gasteiger partial charge < -0.3 is 24.7 Å². The third kappa shape index (κ3) is 2.68. The number of hydrogen-bond acceptors (Lipinski definition) is 6. The Balaban J connectivity index is 1.81. The molecule has 0 bridgehead atoms. The number of nitrogens with zero attached hydrogens (tertiary/aromatic N) is 2. The van der Waals surface area contributed by atoms with Crippen LogP contribution in [0.3, 0.4) is 0 Å². The van der Waals surface area contributed by atoms with Crippen LogP contribution in [0.1, 0.15) is 27.7 Å². The summed E-state index contributed by atoms with van der Waals surface area (Å²) in [5, 5.41) is 0. The molecule has 2 N–H and O–H groups in total. The number of rotatable bonds is 2. The Morgan fingerprint density at radius 1 is 1.14 bits per heavy atom. The van der Waals surface area contributed by atoms with Crippen LogP contribution in [-0.4, -0.2) is 49.6 Å². The van der Waals surface area contributed by atoms with E-state index in [1.165, 1.54) is 0 Å². The maximum absolute atomic E-state index is 6.20. The first-order chi connectivity index (χ1) is 10.3. The molecule has 0 saturated carbocycles. The molecule has 0 aliphatic carbocycles. The van der Waals surface area contributed by atoms with E-state index in [0.717, 1.165) is 24.4 Å². The number of hydrogen-bond donors (Lipinski definition) is 1. The number of pyridine rings is 1. The average molecular weight is 305 g/mol. The van der Waals surface area contributed by atoms with E-state index in [1.54, 1.807) is 6.20 Å². The fourth-order valence-electron chi connectivity index (χ4n) is 2.64. The van der Waals surface area contributed by atoms with Gasteiger partial charge in [-0.3, -0.25) is 0 Å². The quantitative estimate of drug-likeness (QED) is 0.815. The van der Waals surface area contributed by atoms with Crippen molar-refractivity contribution in [2.24, 2.45) is 0 Å². The van der Waals surface area contributed by atoms with Crippen LogP contribution in [-0.2, 0) is 14.0 Å². The highest BCUT2D eigenvalue weighted by molar-refractivity contribution is 6.62. The molecule has 2 saturated heterocycles. The minimum absolute atomic E-state index is 0.366. The van der Waals surface area contributed by atoms with Crippen molar-refractivity contribution in [3.8, 4) is 0 Å². The molecule has 22 heavy (non-hydrogen) atoms. The molecule has 1 aromatic rings. The zero-order valence-electron chi connectivity index (χ0n) is 13.8. The summed E-state index contributed by atoms with van der Waals surface area (Å²) in [6.07, 6.45) is 1.79. The summed E-state index contributed by atoms with van der Waals surface area (Å²) >= 11 is 0. The van der Waals surface area contributed by atoms with Gasteiger partial charge in [-0.05, 0) is 33.8 Å². The second kappa shape index (κ2) is 5.40. The lowest BCUT2D eigenvalue weighted by molar-refractivity contribution is 0.00578. The summed E-state index contributed by atoms with van der Waals surface area (Å²) in [5.41, 5.74) is 6.97. The van der Waals surface area contributed by atoms with Crippen molar-refractivity contribution in [2.75, 3.05) is 36.9 Å². The second-order valence-electron chi connectivity index (χ2n) is 6.87. The first kappa shape index (κ1) is 15.6. The molecule has 2 fully saturated rings. The van der Waals surface area contributed by atoms with Crippen molar-refractivity contribution in [1.29, 1.82) is 0 Å². The van der Waals surface area contributed by atoms with Gasteiger partial charge in [-0.25, -0.2) is 4.98 Å². The molecule has 0 atom stereocenters. The molecular weight excluding hydrogens is 281 g/mol. The molecule has 0 radical (unpaired) electrons. The monoisotopic (exact) mass is 305 g/mol. The number of morpholine rings is 1. The summed E-state index contributed by atoms with van der Waals surface area (Å²) in [4.78, 5) is 6.67. The van der Waals surface area contributed by atoms with Crippen LogP contribution in [0.5, 0.6) is 0 Å². The van der Waals surface area contributed by atoms with Gasteiger partial charge in [-0.1, -0.05) is 0 Å². The molecule has 7 heteroatoms. The predicted molar refractivity (Wildman–Crippen MR) is 87.4 cm³/mol. The lowest BCUT2D eigenvalue weighted by Gasteiger charge is -2.32. The SMILES string of the molecule is CC1(C)OB(c2cnc(N3CCOCC3)c(N)c2)OC1(C)C. The van der Waals surface area contributed by atoms with Gasteiger partial charge >= 0.3 is 7.12 Å². The molecule has 6 nitrogen and oxygen atoms in total. The normalized spacial score (nSPS) is 23.8. The van der Waals surface area contributed by atoms with Crippen molar-refractivity contribution in [1.82, 2.24) is 4.98 Å². The van der Waals surface area contributed by atoms with Crippen LogP contribution >= 0.6 is 0 Å². The van der Waals surface area contributed by atoms with E-state index >= 15 is 0 Å². The highest BCUT2D eigenvalue weighted by atomic mass is 16.7. The molecule has 2 aliphatic heterocycles. The van der Waals surface area contributed by atoms with E-state index in [9.17, 15) is 0 Å². The van der Waals surface area contributed by atoms with Gasteiger partial charge in [0, 0.05) is 24.7 Å². The summed E-state index contributed by atoms with van der Waals surface area (Å²) in [7, 11) is -0.432. The third-order valence-corrected chi connectivity index (χ3v) is 4.75. The summed E-state index contributed by atoms with van der Waals surface area (Å²) in [6.45, 7) is 11.2. The van der Waals surface area contributed by atoms with Gasteiger partial charge in [-0.15, -0.1) is 0 Å². The number of nitrogen functional groups attached to an aromatic ring is 1. The van der Waals surface area contributed by atoms with Crippen LogP contribution < -0.4 is 16.1 Å². The van der Waals surface area contributed by atoms with Gasteiger partial charge in [0.25, 0.3) is 0 Å².